The van der Waals surface area contributed by atoms with Crippen LogP contribution in [-0.2, 0) is 21.0 Å². The number of carbonyl (C=O) groups is 2. The first-order valence-electron chi connectivity index (χ1n) is 10.8. The van der Waals surface area contributed by atoms with Crippen LogP contribution in [0.2, 0.25) is 0 Å². The molecule has 0 aliphatic heterocycles. The van der Waals surface area contributed by atoms with E-state index in [1.165, 1.54) is 18.2 Å². The summed E-state index contributed by atoms with van der Waals surface area (Å²) < 4.78 is 64.4. The minimum absolute atomic E-state index is 0.0478. The van der Waals surface area contributed by atoms with E-state index in [0.717, 1.165) is 50.5 Å². The number of anilines is 2. The lowest BCUT2D eigenvalue weighted by molar-refractivity contribution is -0.137. The highest BCUT2D eigenvalue weighted by molar-refractivity contribution is 7.92. The number of carbonyl (C=O) groups excluding carboxylic acids is 2. The van der Waals surface area contributed by atoms with Gasteiger partial charge in [0, 0.05) is 6.04 Å². The Morgan fingerprint density at radius 2 is 1.71 bits per heavy atom. The predicted molar refractivity (Wildman–Crippen MR) is 123 cm³/mol. The Labute approximate surface area is 196 Å². The maximum Gasteiger partial charge on any atom is 0.416 e. The van der Waals surface area contributed by atoms with Gasteiger partial charge in [-0.3, -0.25) is 13.9 Å². The maximum atomic E-state index is 13.1. The third-order valence-electron chi connectivity index (χ3n) is 5.54. The van der Waals surface area contributed by atoms with Gasteiger partial charge in [0.05, 0.1) is 28.8 Å². The minimum Gasteiger partial charge on any atom is -0.349 e. The first kappa shape index (κ1) is 25.5. The molecule has 0 bridgehead atoms. The normalized spacial score (nSPS) is 14.9. The zero-order valence-electron chi connectivity index (χ0n) is 18.6. The average Bonchev–Trinajstić information content (AvgIpc) is 2.77. The van der Waals surface area contributed by atoms with Crippen molar-refractivity contribution in [2.75, 3.05) is 22.4 Å². The monoisotopic (exact) mass is 497 g/mol. The number of benzene rings is 2. The number of rotatable bonds is 7. The number of nitrogens with zero attached hydrogens (tertiary/aromatic N) is 1. The van der Waals surface area contributed by atoms with Gasteiger partial charge in [-0.25, -0.2) is 8.42 Å². The van der Waals surface area contributed by atoms with Gasteiger partial charge in [-0.05, 0) is 43.2 Å². The molecule has 0 unspecified atom stereocenters. The van der Waals surface area contributed by atoms with Crippen LogP contribution in [-0.4, -0.2) is 39.1 Å². The molecule has 0 heterocycles. The van der Waals surface area contributed by atoms with Crippen LogP contribution >= 0.6 is 0 Å². The van der Waals surface area contributed by atoms with Crippen LogP contribution in [0.25, 0.3) is 0 Å². The topological polar surface area (TPSA) is 95.6 Å². The molecule has 184 valence electrons. The van der Waals surface area contributed by atoms with Crippen molar-refractivity contribution in [3.05, 3.63) is 59.7 Å². The quantitative estimate of drug-likeness (QED) is 0.600. The molecule has 0 atom stereocenters. The maximum absolute atomic E-state index is 13.1. The average molecular weight is 498 g/mol. The number of nitrogens with one attached hydrogen (secondary N) is 2. The predicted octanol–water partition coefficient (Wildman–Crippen LogP) is 4.17. The molecule has 11 heteroatoms. The van der Waals surface area contributed by atoms with Gasteiger partial charge in [-0.15, -0.1) is 0 Å². The van der Waals surface area contributed by atoms with Crippen LogP contribution in [0.3, 0.4) is 0 Å². The summed E-state index contributed by atoms with van der Waals surface area (Å²) in [5.74, 6) is -1.17. The first-order chi connectivity index (χ1) is 15.9. The molecule has 0 saturated heterocycles. The Hall–Kier alpha value is -3.08. The highest BCUT2D eigenvalue weighted by Gasteiger charge is 2.32. The lowest BCUT2D eigenvalue weighted by atomic mass is 9.95. The van der Waals surface area contributed by atoms with Crippen molar-refractivity contribution >= 4 is 33.2 Å². The van der Waals surface area contributed by atoms with E-state index in [2.05, 4.69) is 10.6 Å². The van der Waals surface area contributed by atoms with Crippen molar-refractivity contribution < 1.29 is 31.2 Å². The molecule has 0 aromatic heterocycles. The van der Waals surface area contributed by atoms with Gasteiger partial charge in [0.15, 0.2) is 0 Å². The van der Waals surface area contributed by atoms with Crippen molar-refractivity contribution in [3.8, 4) is 0 Å². The fraction of sp³-hybridized carbons (Fsp3) is 0.391. The molecule has 2 aromatic carbocycles. The number of amides is 2. The molecule has 1 aliphatic rings. The Morgan fingerprint density at radius 1 is 1.03 bits per heavy atom. The van der Waals surface area contributed by atoms with Gasteiger partial charge in [0.2, 0.25) is 15.9 Å². The molecule has 2 N–H and O–H groups in total. The van der Waals surface area contributed by atoms with Gasteiger partial charge >= 0.3 is 6.18 Å². The van der Waals surface area contributed by atoms with Gasteiger partial charge in [0.25, 0.3) is 5.91 Å². The fourth-order valence-corrected chi connectivity index (χ4v) is 4.71. The van der Waals surface area contributed by atoms with E-state index in [1.807, 2.05) is 0 Å². The lowest BCUT2D eigenvalue weighted by Gasteiger charge is -2.24. The van der Waals surface area contributed by atoms with Crippen molar-refractivity contribution in [3.63, 3.8) is 0 Å². The van der Waals surface area contributed by atoms with Crippen molar-refractivity contribution in [1.29, 1.82) is 0 Å². The standard InChI is InChI=1S/C23H26F3N3O4S/c1-34(32,33)29(18-11-7-8-16(14-18)23(24,25)26)15-21(30)28-20-13-6-5-12-19(20)22(31)27-17-9-3-2-4-10-17/h5-8,11-14,17H,2-4,9-10,15H2,1H3,(H,27,31)(H,28,30). The summed E-state index contributed by atoms with van der Waals surface area (Å²) >= 11 is 0. The third-order valence-corrected chi connectivity index (χ3v) is 6.68. The Balaban J connectivity index is 1.78. The Morgan fingerprint density at radius 3 is 2.35 bits per heavy atom. The zero-order chi connectivity index (χ0) is 24.9. The molecule has 2 aromatic rings. The van der Waals surface area contributed by atoms with Crippen molar-refractivity contribution in [2.24, 2.45) is 0 Å². The molecule has 1 saturated carbocycles. The van der Waals surface area contributed by atoms with E-state index in [0.29, 0.717) is 10.4 Å². The second-order valence-corrected chi connectivity index (χ2v) is 10.1. The number of halogens is 3. The van der Waals surface area contributed by atoms with Crippen LogP contribution in [0.15, 0.2) is 48.5 Å². The molecule has 34 heavy (non-hydrogen) atoms. The van der Waals surface area contributed by atoms with Crippen LogP contribution in [0.5, 0.6) is 0 Å². The molecular weight excluding hydrogens is 471 g/mol. The summed E-state index contributed by atoms with van der Waals surface area (Å²) in [5.41, 5.74) is -0.940. The number of hydrogen-bond donors (Lipinski definition) is 2. The van der Waals surface area contributed by atoms with Crippen molar-refractivity contribution in [2.45, 2.75) is 44.3 Å². The number of alkyl halides is 3. The molecule has 3 rings (SSSR count). The largest absolute Gasteiger partial charge is 0.416 e. The first-order valence-corrected chi connectivity index (χ1v) is 12.6. The summed E-state index contributed by atoms with van der Waals surface area (Å²) in [7, 11) is -4.09. The highest BCUT2D eigenvalue weighted by Crippen LogP contribution is 2.32. The SMILES string of the molecule is CS(=O)(=O)N(CC(=O)Nc1ccccc1C(=O)NC1CCCCC1)c1cccc(C(F)(F)F)c1. The summed E-state index contributed by atoms with van der Waals surface area (Å²) in [5, 5.41) is 5.47. The molecule has 0 radical (unpaired) electrons. The minimum atomic E-state index is -4.67. The smallest absolute Gasteiger partial charge is 0.349 e. The van der Waals surface area contributed by atoms with Crippen molar-refractivity contribution in [1.82, 2.24) is 5.32 Å². The van der Waals surface area contributed by atoms with E-state index in [9.17, 15) is 31.2 Å². The highest BCUT2D eigenvalue weighted by atomic mass is 32.2. The molecule has 1 aliphatic carbocycles. The lowest BCUT2D eigenvalue weighted by Crippen LogP contribution is -2.38. The molecule has 1 fully saturated rings. The summed E-state index contributed by atoms with van der Waals surface area (Å²) in [6, 6.07) is 10.0. The van der Waals surface area contributed by atoms with Crippen LogP contribution in [0.1, 0.15) is 48.0 Å². The van der Waals surface area contributed by atoms with Crippen LogP contribution in [0.4, 0.5) is 24.5 Å². The second kappa shape index (κ2) is 10.5. The van der Waals surface area contributed by atoms with Crippen LogP contribution in [0, 0.1) is 0 Å². The number of para-hydroxylation sites is 1. The molecule has 2 amide bonds. The van der Waals surface area contributed by atoms with E-state index < -0.39 is 34.2 Å². The number of hydrogen-bond acceptors (Lipinski definition) is 4. The third kappa shape index (κ3) is 6.72. The number of sulfonamides is 1. The zero-order valence-corrected chi connectivity index (χ0v) is 19.4. The molecular formula is C23H26F3N3O4S. The van der Waals surface area contributed by atoms with E-state index in [1.54, 1.807) is 12.1 Å². The summed E-state index contributed by atoms with van der Waals surface area (Å²) in [4.78, 5) is 25.5. The van der Waals surface area contributed by atoms with Gasteiger partial charge in [-0.1, -0.05) is 37.5 Å². The van der Waals surface area contributed by atoms with E-state index >= 15 is 0 Å². The van der Waals surface area contributed by atoms with E-state index in [-0.39, 0.29) is 28.9 Å². The van der Waals surface area contributed by atoms with Gasteiger partial charge < -0.3 is 10.6 Å². The second-order valence-electron chi connectivity index (χ2n) is 8.22. The van der Waals surface area contributed by atoms with Gasteiger partial charge in [-0.2, -0.15) is 13.2 Å². The van der Waals surface area contributed by atoms with Gasteiger partial charge in [0.1, 0.15) is 6.54 Å². The Bertz CT molecular complexity index is 1150. The summed E-state index contributed by atoms with van der Waals surface area (Å²) in [6.07, 6.45) is 1.06. The van der Waals surface area contributed by atoms with Crippen LogP contribution < -0.4 is 14.9 Å². The van der Waals surface area contributed by atoms with E-state index in [4.69, 9.17) is 0 Å². The molecule has 0 spiro atoms. The fourth-order valence-electron chi connectivity index (χ4n) is 3.86. The summed E-state index contributed by atoms with van der Waals surface area (Å²) in [6.45, 7) is -0.765. The molecule has 7 nitrogen and oxygen atoms in total. The Kier molecular flexibility index (Phi) is 7.86.